The summed E-state index contributed by atoms with van der Waals surface area (Å²) in [4.78, 5) is 14.9. The maximum absolute atomic E-state index is 13.4. The van der Waals surface area contributed by atoms with Crippen molar-refractivity contribution in [1.82, 2.24) is 10.3 Å². The van der Waals surface area contributed by atoms with E-state index in [9.17, 15) is 9.18 Å². The van der Waals surface area contributed by atoms with Crippen LogP contribution in [0.5, 0.6) is 0 Å². The zero-order chi connectivity index (χ0) is 15.3. The molecule has 0 bridgehead atoms. The number of rotatable bonds is 4. The molecule has 1 unspecified atom stereocenters. The Hall–Kier alpha value is -1.40. The zero-order valence-electron chi connectivity index (χ0n) is 11.7. The molecule has 0 radical (unpaired) electrons. The fourth-order valence-electron chi connectivity index (χ4n) is 1.49. The minimum atomic E-state index is -0.609. The Kier molecular flexibility index (Phi) is 5.71. The number of carbonyl (C=O) groups is 1. The lowest BCUT2D eigenvalue weighted by atomic mass is 10.1. The van der Waals surface area contributed by atoms with E-state index in [2.05, 4.69) is 10.3 Å². The molecule has 7 heteroatoms. The van der Waals surface area contributed by atoms with Crippen LogP contribution in [0, 0.1) is 5.95 Å². The van der Waals surface area contributed by atoms with Gasteiger partial charge < -0.3 is 15.8 Å². The maximum Gasteiger partial charge on any atom is 0.407 e. The predicted octanol–water partition coefficient (Wildman–Crippen LogP) is 2.27. The van der Waals surface area contributed by atoms with Crippen molar-refractivity contribution >= 4 is 17.7 Å². The van der Waals surface area contributed by atoms with Crippen LogP contribution in [0.15, 0.2) is 12.3 Å². The van der Waals surface area contributed by atoms with Gasteiger partial charge in [-0.3, -0.25) is 0 Å². The molecule has 5 nitrogen and oxygen atoms in total. The Morgan fingerprint density at radius 3 is 2.85 bits per heavy atom. The highest BCUT2D eigenvalue weighted by Crippen LogP contribution is 2.13. The number of nitrogens with zero attached hydrogens (tertiary/aromatic N) is 1. The maximum atomic E-state index is 13.4. The molecule has 0 aliphatic heterocycles. The molecule has 1 heterocycles. The number of amides is 1. The number of hydrogen-bond donors (Lipinski definition) is 2. The van der Waals surface area contributed by atoms with Crippen molar-refractivity contribution in [3.05, 3.63) is 28.8 Å². The largest absolute Gasteiger partial charge is 0.444 e. The third kappa shape index (κ3) is 6.16. The lowest BCUT2D eigenvalue weighted by Gasteiger charge is -2.20. The summed E-state index contributed by atoms with van der Waals surface area (Å²) in [6.07, 6.45) is 0.887. The van der Waals surface area contributed by atoms with E-state index in [0.717, 1.165) is 0 Å². The van der Waals surface area contributed by atoms with E-state index in [0.29, 0.717) is 10.6 Å². The molecular formula is C13H19ClFN3O2. The van der Waals surface area contributed by atoms with Crippen LogP contribution in [-0.2, 0) is 11.2 Å². The van der Waals surface area contributed by atoms with Crippen LogP contribution in [-0.4, -0.2) is 29.3 Å². The molecule has 20 heavy (non-hydrogen) atoms. The molecule has 3 N–H and O–H groups in total. The molecular weight excluding hydrogens is 285 g/mol. The van der Waals surface area contributed by atoms with Gasteiger partial charge in [-0.05, 0) is 33.3 Å². The Bertz CT molecular complexity index is 477. The first-order valence-electron chi connectivity index (χ1n) is 6.20. The van der Waals surface area contributed by atoms with E-state index in [1.54, 1.807) is 20.8 Å². The van der Waals surface area contributed by atoms with Gasteiger partial charge in [0.15, 0.2) is 0 Å². The molecule has 0 aliphatic rings. The Labute approximate surface area is 122 Å². The van der Waals surface area contributed by atoms with Crippen LogP contribution in [0.4, 0.5) is 9.18 Å². The summed E-state index contributed by atoms with van der Waals surface area (Å²) in [6, 6.07) is 1.01. The first-order valence-corrected chi connectivity index (χ1v) is 6.57. The number of carbonyl (C=O) groups excluding carboxylic acids is 1. The number of alkyl carbamates (subject to hydrolysis) is 1. The fraction of sp³-hybridized carbons (Fsp3) is 0.538. The standard InChI is InChI=1S/C13H19ClFN3O2/c1-13(2,3)20-12(19)18-7-10(16)5-8-4-9(14)6-17-11(8)15/h4,6,10H,5,7,16H2,1-3H3,(H,18,19). The highest BCUT2D eigenvalue weighted by molar-refractivity contribution is 6.30. The number of pyridine rings is 1. The average molecular weight is 304 g/mol. The van der Waals surface area contributed by atoms with Crippen LogP contribution in [0.2, 0.25) is 5.02 Å². The Balaban J connectivity index is 2.46. The quantitative estimate of drug-likeness (QED) is 0.837. The van der Waals surface area contributed by atoms with Crippen molar-refractivity contribution in [2.75, 3.05) is 6.54 Å². The van der Waals surface area contributed by atoms with Crippen molar-refractivity contribution in [1.29, 1.82) is 0 Å². The van der Waals surface area contributed by atoms with Crippen molar-refractivity contribution in [2.24, 2.45) is 5.73 Å². The van der Waals surface area contributed by atoms with Crippen LogP contribution in [0.3, 0.4) is 0 Å². The molecule has 0 aromatic carbocycles. The molecule has 0 saturated carbocycles. The summed E-state index contributed by atoms with van der Waals surface area (Å²) >= 11 is 5.74. The second-order valence-electron chi connectivity index (χ2n) is 5.45. The fourth-order valence-corrected chi connectivity index (χ4v) is 1.67. The topological polar surface area (TPSA) is 77.2 Å². The van der Waals surface area contributed by atoms with Gasteiger partial charge in [-0.2, -0.15) is 4.39 Å². The molecule has 0 saturated heterocycles. The molecule has 1 amide bonds. The van der Waals surface area contributed by atoms with Crippen LogP contribution < -0.4 is 11.1 Å². The number of nitrogens with one attached hydrogen (secondary N) is 1. The van der Waals surface area contributed by atoms with Crippen LogP contribution in [0.1, 0.15) is 26.3 Å². The number of aromatic nitrogens is 1. The minimum absolute atomic E-state index is 0.168. The summed E-state index contributed by atoms with van der Waals surface area (Å²) in [7, 11) is 0. The van der Waals surface area contributed by atoms with Gasteiger partial charge in [0.05, 0.1) is 5.02 Å². The lowest BCUT2D eigenvalue weighted by molar-refractivity contribution is 0.0524. The van der Waals surface area contributed by atoms with E-state index < -0.39 is 23.7 Å². The van der Waals surface area contributed by atoms with Gasteiger partial charge in [0.1, 0.15) is 5.60 Å². The molecule has 0 spiro atoms. The van der Waals surface area contributed by atoms with E-state index in [4.69, 9.17) is 22.1 Å². The van der Waals surface area contributed by atoms with Crippen molar-refractivity contribution in [2.45, 2.75) is 38.8 Å². The molecule has 1 aromatic heterocycles. The summed E-state index contributed by atoms with van der Waals surface area (Å²) in [5.41, 5.74) is 5.57. The molecule has 1 atom stereocenters. The van der Waals surface area contributed by atoms with Gasteiger partial charge in [-0.15, -0.1) is 0 Å². The number of halogens is 2. The third-order valence-corrected chi connectivity index (χ3v) is 2.47. The normalized spacial score (nSPS) is 12.9. The highest BCUT2D eigenvalue weighted by Gasteiger charge is 2.17. The van der Waals surface area contributed by atoms with Crippen molar-refractivity contribution in [3.63, 3.8) is 0 Å². The molecule has 1 rings (SSSR count). The SMILES string of the molecule is CC(C)(C)OC(=O)NCC(N)Cc1cc(Cl)cnc1F. The first-order chi connectivity index (χ1) is 9.17. The molecule has 1 aromatic rings. The Morgan fingerprint density at radius 1 is 1.60 bits per heavy atom. The summed E-state index contributed by atoms with van der Waals surface area (Å²) in [5.74, 6) is -0.609. The number of ether oxygens (including phenoxy) is 1. The smallest absolute Gasteiger partial charge is 0.407 e. The summed E-state index contributed by atoms with van der Waals surface area (Å²) < 4.78 is 18.5. The van der Waals surface area contributed by atoms with Crippen molar-refractivity contribution in [3.8, 4) is 0 Å². The second kappa shape index (κ2) is 6.85. The zero-order valence-corrected chi connectivity index (χ0v) is 12.5. The number of nitrogens with two attached hydrogens (primary N) is 1. The summed E-state index contributed by atoms with van der Waals surface area (Å²) in [5, 5.41) is 2.87. The third-order valence-electron chi connectivity index (χ3n) is 2.27. The van der Waals surface area contributed by atoms with Gasteiger partial charge >= 0.3 is 6.09 Å². The van der Waals surface area contributed by atoms with Crippen LogP contribution in [0.25, 0.3) is 0 Å². The van der Waals surface area contributed by atoms with Gasteiger partial charge in [-0.25, -0.2) is 9.78 Å². The lowest BCUT2D eigenvalue weighted by Crippen LogP contribution is -2.41. The average Bonchev–Trinajstić information content (AvgIpc) is 2.29. The van der Waals surface area contributed by atoms with Crippen LogP contribution >= 0.6 is 11.6 Å². The molecule has 0 aliphatic carbocycles. The molecule has 112 valence electrons. The van der Waals surface area contributed by atoms with E-state index >= 15 is 0 Å². The Morgan fingerprint density at radius 2 is 2.25 bits per heavy atom. The van der Waals surface area contributed by atoms with Gasteiger partial charge in [0, 0.05) is 24.3 Å². The van der Waals surface area contributed by atoms with Gasteiger partial charge in [0.2, 0.25) is 5.95 Å². The van der Waals surface area contributed by atoms with E-state index in [-0.39, 0.29) is 13.0 Å². The minimum Gasteiger partial charge on any atom is -0.444 e. The number of hydrogen-bond acceptors (Lipinski definition) is 4. The molecule has 0 fully saturated rings. The first kappa shape index (κ1) is 16.7. The van der Waals surface area contributed by atoms with Gasteiger partial charge in [-0.1, -0.05) is 11.6 Å². The summed E-state index contributed by atoms with van der Waals surface area (Å²) in [6.45, 7) is 5.46. The van der Waals surface area contributed by atoms with E-state index in [1.165, 1.54) is 12.3 Å². The van der Waals surface area contributed by atoms with Gasteiger partial charge in [0.25, 0.3) is 0 Å². The van der Waals surface area contributed by atoms with Crippen molar-refractivity contribution < 1.29 is 13.9 Å². The van der Waals surface area contributed by atoms with E-state index in [1.807, 2.05) is 0 Å². The second-order valence-corrected chi connectivity index (χ2v) is 5.89. The monoisotopic (exact) mass is 303 g/mol. The highest BCUT2D eigenvalue weighted by atomic mass is 35.5. The predicted molar refractivity (Wildman–Crippen MR) is 75.1 cm³/mol.